The van der Waals surface area contributed by atoms with E-state index in [1.165, 1.54) is 21.6 Å². The van der Waals surface area contributed by atoms with Gasteiger partial charge >= 0.3 is 17.3 Å². The molecule has 2 atom stereocenters. The zero-order valence-electron chi connectivity index (χ0n) is 28.7. The number of anilines is 1. The molecule has 0 radical (unpaired) electrons. The van der Waals surface area contributed by atoms with Gasteiger partial charge in [0, 0.05) is 30.9 Å². The number of hydrogen-bond acceptors (Lipinski definition) is 9. The molecule has 3 aromatic heterocycles. The Morgan fingerprint density at radius 2 is 1.88 bits per heavy atom. The number of aliphatic hydroxyl groups is 1. The molecule has 0 saturated carbocycles. The van der Waals surface area contributed by atoms with E-state index in [2.05, 4.69) is 4.98 Å². The molecule has 0 aliphatic carbocycles. The minimum Gasteiger partial charge on any atom is -0.444 e. The number of benzene rings is 1. The van der Waals surface area contributed by atoms with Crippen LogP contribution in [0.4, 0.5) is 20.6 Å². The SMILES string of the molecule is Cc1cccc(F)c1-c1nc2c(cc1Cl)c(N1C[C@@H](C)N(C(=O)OC(C)(C)C)C[C@@H]1CO)c([N+](=O)[O-])c(=O)n2-c1c(C)ccnc1C(C)C. The van der Waals surface area contributed by atoms with Crippen molar-refractivity contribution in [1.82, 2.24) is 19.4 Å². The van der Waals surface area contributed by atoms with Crippen LogP contribution in [0.1, 0.15) is 64.3 Å². The number of piperazine rings is 1. The second-order valence-electron chi connectivity index (χ2n) is 13.7. The summed E-state index contributed by atoms with van der Waals surface area (Å²) in [5, 5.41) is 23.7. The standard InChI is InChI=1S/C35H40ClFN6O6/c1-18(2)27-29(20(4)12-13-38-27)42-32-23(14-24(36)28(39-32)26-19(3)10-9-11-25(26)37)30(31(33(42)45)43(47)48)41-15-21(5)40(16-22(41)17-44)34(46)49-35(6,7)8/h9-14,18,21-22,44H,15-17H2,1-8H3/t21-,22-/m1/s1. The van der Waals surface area contributed by atoms with Gasteiger partial charge in [-0.05, 0) is 76.8 Å². The zero-order valence-corrected chi connectivity index (χ0v) is 29.5. The highest BCUT2D eigenvalue weighted by Crippen LogP contribution is 2.42. The Hall–Kier alpha value is -4.62. The van der Waals surface area contributed by atoms with Gasteiger partial charge in [0.05, 0.1) is 45.1 Å². The summed E-state index contributed by atoms with van der Waals surface area (Å²) >= 11 is 6.86. The quantitative estimate of drug-likeness (QED) is 0.172. The van der Waals surface area contributed by atoms with Gasteiger partial charge in [0.15, 0.2) is 5.65 Å². The zero-order chi connectivity index (χ0) is 36.1. The molecule has 260 valence electrons. The first-order valence-corrected chi connectivity index (χ1v) is 16.4. The van der Waals surface area contributed by atoms with Gasteiger partial charge in [-0.15, -0.1) is 0 Å². The van der Waals surface area contributed by atoms with Gasteiger partial charge < -0.3 is 19.6 Å². The average molecular weight is 695 g/mol. The molecule has 1 N–H and O–H groups in total. The third-order valence-corrected chi connectivity index (χ3v) is 8.87. The fourth-order valence-corrected chi connectivity index (χ4v) is 6.60. The van der Waals surface area contributed by atoms with E-state index in [0.29, 0.717) is 22.5 Å². The second-order valence-corrected chi connectivity index (χ2v) is 14.1. The van der Waals surface area contributed by atoms with E-state index in [9.17, 15) is 24.8 Å². The van der Waals surface area contributed by atoms with E-state index in [1.54, 1.807) is 70.8 Å². The monoisotopic (exact) mass is 694 g/mol. The maximum absolute atomic E-state index is 15.4. The van der Waals surface area contributed by atoms with Crippen molar-refractivity contribution in [3.05, 3.63) is 84.7 Å². The summed E-state index contributed by atoms with van der Waals surface area (Å²) in [5.41, 5.74) is -0.536. The number of nitro groups is 1. The van der Waals surface area contributed by atoms with Crippen LogP contribution in [0.25, 0.3) is 28.0 Å². The molecule has 49 heavy (non-hydrogen) atoms. The van der Waals surface area contributed by atoms with Crippen LogP contribution in [0.15, 0.2) is 41.3 Å². The lowest BCUT2D eigenvalue weighted by Gasteiger charge is -2.45. The molecule has 12 nitrogen and oxygen atoms in total. The van der Waals surface area contributed by atoms with Crippen LogP contribution < -0.4 is 10.5 Å². The van der Waals surface area contributed by atoms with Crippen LogP contribution in [0, 0.1) is 29.8 Å². The molecule has 4 heterocycles. The van der Waals surface area contributed by atoms with Crippen molar-refractivity contribution in [1.29, 1.82) is 0 Å². The van der Waals surface area contributed by atoms with Crippen LogP contribution in [-0.2, 0) is 4.74 Å². The molecule has 14 heteroatoms. The lowest BCUT2D eigenvalue weighted by Crippen LogP contribution is -2.61. The van der Waals surface area contributed by atoms with E-state index in [0.717, 1.165) is 0 Å². The fourth-order valence-electron chi connectivity index (χ4n) is 6.35. The molecule has 5 rings (SSSR count). The topological polar surface area (TPSA) is 144 Å². The van der Waals surface area contributed by atoms with E-state index in [4.69, 9.17) is 21.3 Å². The Bertz CT molecular complexity index is 2010. The third-order valence-electron chi connectivity index (χ3n) is 8.59. The summed E-state index contributed by atoms with van der Waals surface area (Å²) in [6.45, 7) is 13.6. The first-order chi connectivity index (χ1) is 23.0. The number of aryl methyl sites for hydroxylation is 2. The summed E-state index contributed by atoms with van der Waals surface area (Å²) in [7, 11) is 0. The lowest BCUT2D eigenvalue weighted by atomic mass is 10.0. The van der Waals surface area contributed by atoms with E-state index in [1.807, 2.05) is 13.8 Å². The van der Waals surface area contributed by atoms with E-state index < -0.39 is 52.4 Å². The molecule has 1 fully saturated rings. The summed E-state index contributed by atoms with van der Waals surface area (Å²) in [5.74, 6) is -0.783. The predicted molar refractivity (Wildman–Crippen MR) is 186 cm³/mol. The van der Waals surface area contributed by atoms with Crippen molar-refractivity contribution < 1.29 is 24.0 Å². The van der Waals surface area contributed by atoms with Crippen molar-refractivity contribution in [2.45, 2.75) is 79.0 Å². The molecule has 0 bridgehead atoms. The average Bonchev–Trinajstić information content (AvgIpc) is 3.00. The predicted octanol–water partition coefficient (Wildman–Crippen LogP) is 6.70. The molecular formula is C35H40ClFN6O6. The summed E-state index contributed by atoms with van der Waals surface area (Å²) in [6, 6.07) is 6.25. The Balaban J connectivity index is 1.89. The first-order valence-electron chi connectivity index (χ1n) is 16.0. The van der Waals surface area contributed by atoms with Gasteiger partial charge in [-0.2, -0.15) is 0 Å². The van der Waals surface area contributed by atoms with Crippen LogP contribution in [0.2, 0.25) is 5.02 Å². The molecule has 0 unspecified atom stereocenters. The highest BCUT2D eigenvalue weighted by molar-refractivity contribution is 6.34. The summed E-state index contributed by atoms with van der Waals surface area (Å²) in [6.07, 6.45) is 0.996. The smallest absolute Gasteiger partial charge is 0.410 e. The number of nitrogens with zero attached hydrogens (tertiary/aromatic N) is 6. The first kappa shape index (κ1) is 35.7. The van der Waals surface area contributed by atoms with E-state index in [-0.39, 0.29) is 52.0 Å². The van der Waals surface area contributed by atoms with Crippen molar-refractivity contribution in [2.75, 3.05) is 24.6 Å². The number of pyridine rings is 3. The number of carbonyl (C=O) groups excluding carboxylic acids is 1. The maximum Gasteiger partial charge on any atom is 0.410 e. The van der Waals surface area contributed by atoms with Crippen molar-refractivity contribution in [2.24, 2.45) is 0 Å². The molecular weight excluding hydrogens is 655 g/mol. The van der Waals surface area contributed by atoms with Gasteiger partial charge in [-0.3, -0.25) is 24.5 Å². The van der Waals surface area contributed by atoms with Gasteiger partial charge in [0.25, 0.3) is 0 Å². The maximum atomic E-state index is 15.4. The highest BCUT2D eigenvalue weighted by Gasteiger charge is 2.41. The molecule has 1 aliphatic rings. The van der Waals surface area contributed by atoms with Crippen molar-refractivity contribution in [3.8, 4) is 16.9 Å². The molecule has 1 aromatic carbocycles. The van der Waals surface area contributed by atoms with Crippen LogP contribution in [-0.4, -0.2) is 72.9 Å². The second kappa shape index (κ2) is 13.4. The summed E-state index contributed by atoms with van der Waals surface area (Å²) < 4.78 is 22.1. The number of halogens is 2. The lowest BCUT2D eigenvalue weighted by molar-refractivity contribution is -0.385. The van der Waals surface area contributed by atoms with Gasteiger partial charge in [0.1, 0.15) is 17.1 Å². The normalized spacial score (nSPS) is 16.8. The van der Waals surface area contributed by atoms with Crippen LogP contribution >= 0.6 is 11.6 Å². The molecule has 1 aliphatic heterocycles. The highest BCUT2D eigenvalue weighted by atomic mass is 35.5. The number of hydrogen-bond donors (Lipinski definition) is 1. The molecule has 1 saturated heterocycles. The van der Waals surface area contributed by atoms with Crippen LogP contribution in [0.3, 0.4) is 0 Å². The number of aliphatic hydroxyl groups excluding tert-OH is 1. The Labute approximate surface area is 288 Å². The number of ether oxygens (including phenoxy) is 1. The number of amides is 1. The van der Waals surface area contributed by atoms with Gasteiger partial charge in [-0.25, -0.2) is 14.2 Å². The van der Waals surface area contributed by atoms with Gasteiger partial charge in [0.2, 0.25) is 0 Å². The number of aromatic nitrogens is 3. The number of fused-ring (bicyclic) bond motifs is 1. The molecule has 1 amide bonds. The number of carbonyl (C=O) groups is 1. The third kappa shape index (κ3) is 6.56. The van der Waals surface area contributed by atoms with Gasteiger partial charge in [-0.1, -0.05) is 37.6 Å². The number of rotatable bonds is 6. The summed E-state index contributed by atoms with van der Waals surface area (Å²) in [4.78, 5) is 52.4. The Kier molecular flexibility index (Phi) is 9.73. The largest absolute Gasteiger partial charge is 0.444 e. The van der Waals surface area contributed by atoms with E-state index >= 15 is 4.39 Å². The minimum absolute atomic E-state index is 0.00117. The molecule has 4 aromatic rings. The van der Waals surface area contributed by atoms with Crippen LogP contribution in [0.5, 0.6) is 0 Å². The van der Waals surface area contributed by atoms with Crippen molar-refractivity contribution in [3.63, 3.8) is 0 Å². The minimum atomic E-state index is -0.990. The molecule has 0 spiro atoms. The van der Waals surface area contributed by atoms with Crippen molar-refractivity contribution >= 4 is 40.1 Å². The fraction of sp³-hybridized carbons (Fsp3) is 0.429. The Morgan fingerprint density at radius 3 is 2.47 bits per heavy atom. The Morgan fingerprint density at radius 1 is 1.18 bits per heavy atom.